The Bertz CT molecular complexity index is 141. The lowest BCUT2D eigenvalue weighted by Crippen LogP contribution is -2.35. The van der Waals surface area contributed by atoms with Crippen molar-refractivity contribution < 1.29 is 0 Å². The lowest BCUT2D eigenvalue weighted by atomic mass is 9.79. The maximum Gasteiger partial charge on any atom is 0.000801 e. The van der Waals surface area contributed by atoms with Gasteiger partial charge in [0, 0.05) is 6.54 Å². The quantitative estimate of drug-likeness (QED) is 0.648. The predicted molar refractivity (Wildman–Crippen MR) is 73.7 cm³/mol. The van der Waals surface area contributed by atoms with Crippen LogP contribution < -0.4 is 5.32 Å². The highest BCUT2D eigenvalue weighted by Gasteiger charge is 2.24. The highest BCUT2D eigenvalue weighted by Crippen LogP contribution is 2.30. The Labute approximate surface area is 101 Å². The largest absolute Gasteiger partial charge is 0.316 e. The van der Waals surface area contributed by atoms with Crippen molar-refractivity contribution in [3.05, 3.63) is 0 Å². The zero-order valence-corrected chi connectivity index (χ0v) is 12.0. The minimum absolute atomic E-state index is 0.540. The summed E-state index contributed by atoms with van der Waals surface area (Å²) in [6, 6.07) is 0. The average Bonchev–Trinajstić information content (AvgIpc) is 2.23. The summed E-state index contributed by atoms with van der Waals surface area (Å²) in [6.07, 6.45) is 6.16. The second-order valence-corrected chi connectivity index (χ2v) is 5.96. The topological polar surface area (TPSA) is 12.0 Å². The average molecular weight is 231 g/mol. The maximum absolute atomic E-state index is 3.63. The molecule has 0 heterocycles. The van der Waals surface area contributed by atoms with Gasteiger partial charge in [-0.3, -0.25) is 0 Å². The third-order valence-electron chi connectivity index (χ3n) is 3.39. The fourth-order valence-corrected chi connectivity index (χ4v) is 2.52. The van der Waals surface area contributed by atoms with E-state index >= 15 is 0 Å². The molecule has 92 valence electrons. The van der Waals surface area contributed by atoms with E-state index in [0.717, 1.165) is 12.5 Å². The maximum atomic E-state index is 3.63. The molecular formula is C13H29NS. The number of thioether (sulfide) groups is 1. The van der Waals surface area contributed by atoms with Crippen LogP contribution in [0.1, 0.15) is 47.0 Å². The summed E-state index contributed by atoms with van der Waals surface area (Å²) in [4.78, 5) is 0. The van der Waals surface area contributed by atoms with E-state index in [9.17, 15) is 0 Å². The first-order valence-electron chi connectivity index (χ1n) is 6.30. The van der Waals surface area contributed by atoms with E-state index < -0.39 is 0 Å². The fourth-order valence-electron chi connectivity index (χ4n) is 1.89. The van der Waals surface area contributed by atoms with Crippen LogP contribution in [-0.4, -0.2) is 25.1 Å². The van der Waals surface area contributed by atoms with Crippen LogP contribution >= 0.6 is 11.8 Å². The molecule has 0 aromatic rings. The van der Waals surface area contributed by atoms with Crippen LogP contribution in [0.3, 0.4) is 0 Å². The fraction of sp³-hybridized carbons (Fsp3) is 1.00. The van der Waals surface area contributed by atoms with E-state index in [1.165, 1.54) is 31.6 Å². The molecule has 0 fully saturated rings. The minimum Gasteiger partial charge on any atom is -0.316 e. The van der Waals surface area contributed by atoms with Crippen LogP contribution in [0, 0.1) is 11.3 Å². The molecule has 0 aromatic carbocycles. The monoisotopic (exact) mass is 231 g/mol. The van der Waals surface area contributed by atoms with Gasteiger partial charge in [-0.25, -0.2) is 0 Å². The van der Waals surface area contributed by atoms with Crippen molar-refractivity contribution in [1.29, 1.82) is 0 Å². The summed E-state index contributed by atoms with van der Waals surface area (Å²) in [7, 11) is 0. The number of hydrogen-bond donors (Lipinski definition) is 1. The van der Waals surface area contributed by atoms with Crippen LogP contribution in [0.4, 0.5) is 0 Å². The molecular weight excluding hydrogens is 202 g/mol. The van der Waals surface area contributed by atoms with E-state index in [0.29, 0.717) is 5.41 Å². The lowest BCUT2D eigenvalue weighted by molar-refractivity contribution is 0.237. The Morgan fingerprint density at radius 2 is 1.80 bits per heavy atom. The molecule has 0 aromatic heterocycles. The first-order chi connectivity index (χ1) is 7.10. The number of nitrogens with one attached hydrogen (secondary N) is 1. The van der Waals surface area contributed by atoms with E-state index in [4.69, 9.17) is 0 Å². The van der Waals surface area contributed by atoms with E-state index in [1.54, 1.807) is 0 Å². The third-order valence-corrected chi connectivity index (χ3v) is 4.00. The summed E-state index contributed by atoms with van der Waals surface area (Å²) < 4.78 is 0. The summed E-state index contributed by atoms with van der Waals surface area (Å²) in [6.45, 7) is 11.6. The molecule has 2 heteroatoms. The van der Waals surface area contributed by atoms with Gasteiger partial charge in [-0.15, -0.1) is 0 Å². The second kappa shape index (κ2) is 8.46. The SMILES string of the molecule is CCC(CC)(CCSC)CNCC(C)C. The van der Waals surface area contributed by atoms with Crippen molar-refractivity contribution in [2.24, 2.45) is 11.3 Å². The van der Waals surface area contributed by atoms with Gasteiger partial charge in [0.1, 0.15) is 0 Å². The molecule has 0 saturated carbocycles. The molecule has 0 bridgehead atoms. The van der Waals surface area contributed by atoms with Crippen molar-refractivity contribution in [1.82, 2.24) is 5.32 Å². The summed E-state index contributed by atoms with van der Waals surface area (Å²) in [5, 5.41) is 3.63. The Morgan fingerprint density at radius 1 is 1.20 bits per heavy atom. The van der Waals surface area contributed by atoms with Gasteiger partial charge in [-0.2, -0.15) is 11.8 Å². The minimum atomic E-state index is 0.540. The van der Waals surface area contributed by atoms with Crippen LogP contribution in [0.2, 0.25) is 0 Å². The van der Waals surface area contributed by atoms with Crippen molar-refractivity contribution in [3.8, 4) is 0 Å². The molecule has 1 nitrogen and oxygen atoms in total. The van der Waals surface area contributed by atoms with Gasteiger partial charge in [-0.1, -0.05) is 27.7 Å². The summed E-state index contributed by atoms with van der Waals surface area (Å²) in [5.41, 5.74) is 0.540. The van der Waals surface area contributed by atoms with Crippen molar-refractivity contribution in [2.75, 3.05) is 25.1 Å². The molecule has 15 heavy (non-hydrogen) atoms. The Balaban J connectivity index is 3.99. The van der Waals surface area contributed by atoms with E-state index in [1.807, 2.05) is 11.8 Å². The molecule has 0 aliphatic rings. The third kappa shape index (κ3) is 6.47. The van der Waals surface area contributed by atoms with Crippen LogP contribution in [0.25, 0.3) is 0 Å². The molecule has 0 saturated heterocycles. The van der Waals surface area contributed by atoms with Crippen molar-refractivity contribution in [3.63, 3.8) is 0 Å². The lowest BCUT2D eigenvalue weighted by Gasteiger charge is -2.32. The van der Waals surface area contributed by atoms with Gasteiger partial charge in [0.15, 0.2) is 0 Å². The number of rotatable bonds is 9. The predicted octanol–water partition coefficient (Wildman–Crippen LogP) is 3.79. The van der Waals surface area contributed by atoms with Crippen LogP contribution in [-0.2, 0) is 0 Å². The van der Waals surface area contributed by atoms with E-state index in [2.05, 4.69) is 39.3 Å². The number of hydrogen-bond acceptors (Lipinski definition) is 2. The Morgan fingerprint density at radius 3 is 2.20 bits per heavy atom. The standard InChI is InChI=1S/C13H29NS/c1-6-13(7-2,8-9-15-5)11-14-10-12(3)4/h12,14H,6-11H2,1-5H3. The highest BCUT2D eigenvalue weighted by molar-refractivity contribution is 7.98. The van der Waals surface area contributed by atoms with Gasteiger partial charge in [0.2, 0.25) is 0 Å². The molecule has 0 atom stereocenters. The van der Waals surface area contributed by atoms with Gasteiger partial charge in [0.25, 0.3) is 0 Å². The Kier molecular flexibility index (Phi) is 8.64. The molecule has 0 amide bonds. The second-order valence-electron chi connectivity index (χ2n) is 4.97. The molecule has 0 spiro atoms. The molecule has 0 radical (unpaired) electrons. The zero-order chi connectivity index (χ0) is 11.7. The molecule has 0 aliphatic carbocycles. The first-order valence-corrected chi connectivity index (χ1v) is 7.69. The first kappa shape index (κ1) is 15.3. The van der Waals surface area contributed by atoms with Gasteiger partial charge < -0.3 is 5.32 Å². The van der Waals surface area contributed by atoms with Gasteiger partial charge in [-0.05, 0) is 49.1 Å². The molecule has 0 rings (SSSR count). The zero-order valence-electron chi connectivity index (χ0n) is 11.2. The van der Waals surface area contributed by atoms with Gasteiger partial charge >= 0.3 is 0 Å². The van der Waals surface area contributed by atoms with Crippen molar-refractivity contribution in [2.45, 2.75) is 47.0 Å². The normalized spacial score (nSPS) is 12.4. The summed E-state index contributed by atoms with van der Waals surface area (Å²) in [5.74, 6) is 2.06. The van der Waals surface area contributed by atoms with Crippen LogP contribution in [0.5, 0.6) is 0 Å². The highest BCUT2D eigenvalue weighted by atomic mass is 32.2. The Hall–Kier alpha value is 0.310. The van der Waals surface area contributed by atoms with Gasteiger partial charge in [0.05, 0.1) is 0 Å². The smallest absolute Gasteiger partial charge is 0.000801 e. The molecule has 1 N–H and O–H groups in total. The van der Waals surface area contributed by atoms with Crippen molar-refractivity contribution >= 4 is 11.8 Å². The van der Waals surface area contributed by atoms with Crippen LogP contribution in [0.15, 0.2) is 0 Å². The molecule has 0 aliphatic heterocycles. The summed E-state index contributed by atoms with van der Waals surface area (Å²) >= 11 is 1.97. The van der Waals surface area contributed by atoms with E-state index in [-0.39, 0.29) is 0 Å². The molecule has 0 unspecified atom stereocenters.